The Bertz CT molecular complexity index is 964. The van der Waals surface area contributed by atoms with E-state index < -0.39 is 4.92 Å². The largest absolute Gasteiger partial charge is 0.320 e. The fraction of sp³-hybridized carbons (Fsp3) is 0.200. The highest BCUT2D eigenvalue weighted by Gasteiger charge is 2.29. The Hall–Kier alpha value is -2.76. The summed E-state index contributed by atoms with van der Waals surface area (Å²) in [7, 11) is 0. The van der Waals surface area contributed by atoms with Crippen molar-refractivity contribution in [2.24, 2.45) is 0 Å². The van der Waals surface area contributed by atoms with Crippen LogP contribution in [0.15, 0.2) is 64.0 Å². The molecule has 0 saturated carbocycles. The molecule has 0 radical (unpaired) electrons. The van der Waals surface area contributed by atoms with Gasteiger partial charge in [0.1, 0.15) is 0 Å². The second kappa shape index (κ2) is 8.95. The van der Waals surface area contributed by atoms with E-state index in [9.17, 15) is 20.2 Å². The Labute approximate surface area is 171 Å². The number of carbonyl (C=O) groups excluding carboxylic acids is 1. The number of non-ortho nitro benzene ring substituents is 1. The molecule has 0 fully saturated rings. The van der Waals surface area contributed by atoms with Gasteiger partial charge in [0, 0.05) is 35.1 Å². The minimum atomic E-state index is -0.443. The van der Waals surface area contributed by atoms with Gasteiger partial charge in [0.25, 0.3) is 5.69 Å². The molecule has 0 bridgehead atoms. The number of nitriles is 1. The lowest BCUT2D eigenvalue weighted by Crippen LogP contribution is -2.30. The number of hydrogen-bond acceptors (Lipinski definition) is 6. The molecule has 1 N–H and O–H groups in total. The summed E-state index contributed by atoms with van der Waals surface area (Å²) in [5.74, 6) is 0.106. The van der Waals surface area contributed by atoms with E-state index in [1.54, 1.807) is 23.9 Å². The van der Waals surface area contributed by atoms with Crippen LogP contribution >= 0.6 is 23.5 Å². The number of nitrogens with one attached hydrogen (secondary N) is 1. The zero-order valence-corrected chi connectivity index (χ0v) is 16.7. The number of benzene rings is 2. The standard InChI is InChI=1S/C20H17N3O3S2/c1-27-16-8-4-14(5-9-16)17-10-19(24)22-20(18(17)11-21)28-12-13-2-6-15(7-3-13)23(25)26/h2-9,17H,10,12H2,1H3,(H,22,24)/t17-/m1/s1. The predicted molar refractivity (Wildman–Crippen MR) is 111 cm³/mol. The maximum atomic E-state index is 12.2. The maximum absolute atomic E-state index is 12.2. The van der Waals surface area contributed by atoms with Crippen molar-refractivity contribution in [2.45, 2.75) is 23.0 Å². The summed E-state index contributed by atoms with van der Waals surface area (Å²) in [5.41, 5.74) is 2.40. The third-order valence-corrected chi connectivity index (χ3v) is 6.24. The van der Waals surface area contributed by atoms with Gasteiger partial charge in [-0.25, -0.2) is 0 Å². The van der Waals surface area contributed by atoms with Crippen molar-refractivity contribution >= 4 is 35.1 Å². The molecule has 6 nitrogen and oxygen atoms in total. The highest BCUT2D eigenvalue weighted by atomic mass is 32.2. The topological polar surface area (TPSA) is 96.0 Å². The fourth-order valence-corrected chi connectivity index (χ4v) is 4.36. The van der Waals surface area contributed by atoms with E-state index in [1.807, 2.05) is 30.5 Å². The van der Waals surface area contributed by atoms with E-state index in [-0.39, 0.29) is 23.9 Å². The van der Waals surface area contributed by atoms with Crippen molar-refractivity contribution in [1.82, 2.24) is 5.32 Å². The number of nitro benzene ring substituents is 1. The lowest BCUT2D eigenvalue weighted by molar-refractivity contribution is -0.384. The van der Waals surface area contributed by atoms with Crippen molar-refractivity contribution in [3.63, 3.8) is 0 Å². The molecule has 2 aromatic rings. The Kier molecular flexibility index (Phi) is 6.39. The maximum Gasteiger partial charge on any atom is 0.269 e. The second-order valence-electron chi connectivity index (χ2n) is 6.14. The van der Waals surface area contributed by atoms with E-state index in [4.69, 9.17) is 0 Å². The molecule has 1 aliphatic rings. The third kappa shape index (κ3) is 4.55. The van der Waals surface area contributed by atoms with Crippen LogP contribution in [-0.2, 0) is 10.5 Å². The average molecular weight is 412 g/mol. The number of amides is 1. The number of hydrogen-bond donors (Lipinski definition) is 1. The van der Waals surface area contributed by atoms with Crippen molar-refractivity contribution in [3.8, 4) is 6.07 Å². The molecule has 1 amide bonds. The van der Waals surface area contributed by atoms with Crippen molar-refractivity contribution in [2.75, 3.05) is 6.26 Å². The van der Waals surface area contributed by atoms with E-state index in [0.717, 1.165) is 16.0 Å². The van der Waals surface area contributed by atoms with Crippen LogP contribution in [-0.4, -0.2) is 17.1 Å². The molecule has 2 aromatic carbocycles. The van der Waals surface area contributed by atoms with Crippen LogP contribution in [0.25, 0.3) is 0 Å². The summed E-state index contributed by atoms with van der Waals surface area (Å²) in [6.07, 6.45) is 2.24. The van der Waals surface area contributed by atoms with E-state index in [1.165, 1.54) is 23.9 Å². The summed E-state index contributed by atoms with van der Waals surface area (Å²) in [6, 6.07) is 16.4. The van der Waals surface area contributed by atoms with E-state index in [2.05, 4.69) is 11.4 Å². The van der Waals surface area contributed by atoms with Crippen molar-refractivity contribution in [3.05, 3.63) is 80.4 Å². The van der Waals surface area contributed by atoms with Crippen LogP contribution in [0.5, 0.6) is 0 Å². The molecule has 0 aromatic heterocycles. The smallest absolute Gasteiger partial charge is 0.269 e. The molecule has 1 atom stereocenters. The summed E-state index contributed by atoms with van der Waals surface area (Å²) >= 11 is 3.00. The quantitative estimate of drug-likeness (QED) is 0.424. The van der Waals surface area contributed by atoms with Crippen LogP contribution in [0.4, 0.5) is 5.69 Å². The van der Waals surface area contributed by atoms with Gasteiger partial charge in [0.15, 0.2) is 0 Å². The zero-order chi connectivity index (χ0) is 20.1. The van der Waals surface area contributed by atoms with Gasteiger partial charge in [0.05, 0.1) is 21.6 Å². The van der Waals surface area contributed by atoms with Crippen molar-refractivity contribution < 1.29 is 9.72 Å². The van der Waals surface area contributed by atoms with Gasteiger partial charge in [-0.2, -0.15) is 5.26 Å². The highest BCUT2D eigenvalue weighted by molar-refractivity contribution is 8.02. The predicted octanol–water partition coefficient (Wildman–Crippen LogP) is 4.59. The minimum absolute atomic E-state index is 0.0328. The molecule has 1 aliphatic heterocycles. The first-order chi connectivity index (χ1) is 13.5. The van der Waals surface area contributed by atoms with Crippen LogP contribution in [0.3, 0.4) is 0 Å². The summed E-state index contributed by atoms with van der Waals surface area (Å²) in [5, 5.41) is 23.8. The molecule has 8 heteroatoms. The van der Waals surface area contributed by atoms with Crippen LogP contribution in [0, 0.1) is 21.4 Å². The number of allylic oxidation sites excluding steroid dienone is 1. The van der Waals surface area contributed by atoms with Gasteiger partial charge in [-0.1, -0.05) is 24.3 Å². The number of rotatable bonds is 6. The summed E-state index contributed by atoms with van der Waals surface area (Å²) < 4.78 is 0. The summed E-state index contributed by atoms with van der Waals surface area (Å²) in [6.45, 7) is 0. The Morgan fingerprint density at radius 1 is 1.21 bits per heavy atom. The van der Waals surface area contributed by atoms with Gasteiger partial charge in [-0.15, -0.1) is 23.5 Å². The average Bonchev–Trinajstić information content (AvgIpc) is 2.72. The van der Waals surface area contributed by atoms with Gasteiger partial charge < -0.3 is 5.32 Å². The monoisotopic (exact) mass is 411 g/mol. The molecular weight excluding hydrogens is 394 g/mol. The zero-order valence-electron chi connectivity index (χ0n) is 15.0. The van der Waals surface area contributed by atoms with Crippen molar-refractivity contribution in [1.29, 1.82) is 5.26 Å². The number of nitro groups is 1. The molecular formula is C20H17N3O3S2. The first-order valence-electron chi connectivity index (χ1n) is 8.46. The lowest BCUT2D eigenvalue weighted by Gasteiger charge is -2.25. The highest BCUT2D eigenvalue weighted by Crippen LogP contribution is 2.37. The molecule has 0 spiro atoms. The van der Waals surface area contributed by atoms with E-state index in [0.29, 0.717) is 16.4 Å². The SMILES string of the molecule is CSc1ccc([C@H]2CC(=O)NC(SCc3ccc([N+](=O)[O-])cc3)=C2C#N)cc1. The second-order valence-corrected chi connectivity index (χ2v) is 8.01. The molecule has 0 unspecified atom stereocenters. The van der Waals surface area contributed by atoms with Crippen LogP contribution < -0.4 is 5.32 Å². The Morgan fingerprint density at radius 2 is 1.89 bits per heavy atom. The first kappa shape index (κ1) is 20.0. The number of carbonyl (C=O) groups is 1. The normalized spacial score (nSPS) is 16.4. The fourth-order valence-electron chi connectivity index (χ4n) is 2.92. The molecule has 28 heavy (non-hydrogen) atoms. The molecule has 1 heterocycles. The first-order valence-corrected chi connectivity index (χ1v) is 10.7. The van der Waals surface area contributed by atoms with Gasteiger partial charge in [0.2, 0.25) is 5.91 Å². The van der Waals surface area contributed by atoms with Gasteiger partial charge in [-0.3, -0.25) is 14.9 Å². The summed E-state index contributed by atoms with van der Waals surface area (Å²) in [4.78, 5) is 23.7. The molecule has 0 saturated heterocycles. The third-order valence-electron chi connectivity index (χ3n) is 4.40. The molecule has 0 aliphatic carbocycles. The number of nitrogens with zero attached hydrogens (tertiary/aromatic N) is 2. The Morgan fingerprint density at radius 3 is 2.46 bits per heavy atom. The Balaban J connectivity index is 1.82. The van der Waals surface area contributed by atoms with Crippen LogP contribution in [0.2, 0.25) is 0 Å². The van der Waals surface area contributed by atoms with Crippen LogP contribution in [0.1, 0.15) is 23.5 Å². The minimum Gasteiger partial charge on any atom is -0.320 e. The van der Waals surface area contributed by atoms with Gasteiger partial charge >= 0.3 is 0 Å². The van der Waals surface area contributed by atoms with Gasteiger partial charge in [-0.05, 0) is 29.5 Å². The molecule has 3 rings (SSSR count). The van der Waals surface area contributed by atoms with E-state index >= 15 is 0 Å². The molecule has 142 valence electrons. The lowest BCUT2D eigenvalue weighted by atomic mass is 9.87. The number of thioether (sulfide) groups is 2.